The summed E-state index contributed by atoms with van der Waals surface area (Å²) in [5.41, 5.74) is 1.73. The summed E-state index contributed by atoms with van der Waals surface area (Å²) < 4.78 is 7.51. The highest BCUT2D eigenvalue weighted by atomic mass is 79.9. The fourth-order valence-corrected chi connectivity index (χ4v) is 11.2. The molecule has 0 bridgehead atoms. The lowest BCUT2D eigenvalue weighted by Gasteiger charge is -2.43. The lowest BCUT2D eigenvalue weighted by molar-refractivity contribution is -0.136. The van der Waals surface area contributed by atoms with Gasteiger partial charge < -0.3 is 14.4 Å². The number of anilines is 1. The van der Waals surface area contributed by atoms with Gasteiger partial charge in [0.2, 0.25) is 0 Å². The van der Waals surface area contributed by atoms with Crippen molar-refractivity contribution in [2.45, 2.75) is 76.7 Å². The van der Waals surface area contributed by atoms with Gasteiger partial charge in [0, 0.05) is 16.5 Å². The first-order chi connectivity index (χ1) is 15.4. The maximum Gasteiger partial charge on any atom is 0.264 e. The van der Waals surface area contributed by atoms with E-state index < -0.39 is 13.9 Å². The largest absolute Gasteiger partial charge is 0.546 e. The molecule has 0 saturated carbocycles. The lowest BCUT2D eigenvalue weighted by atomic mass is 9.91. The predicted molar refractivity (Wildman–Crippen MR) is 142 cm³/mol. The second-order valence-corrected chi connectivity index (χ2v) is 16.3. The molecule has 2 aromatic rings. The quantitative estimate of drug-likeness (QED) is 0.274. The van der Waals surface area contributed by atoms with Crippen LogP contribution in [0.25, 0.3) is 0 Å². The Morgan fingerprint density at radius 3 is 2.18 bits per heavy atom. The van der Waals surface area contributed by atoms with Crippen LogP contribution in [0.4, 0.5) is 5.69 Å². The molecule has 1 N–H and O–H groups in total. The van der Waals surface area contributed by atoms with Gasteiger partial charge in [-0.1, -0.05) is 94.4 Å². The average molecular weight is 531 g/mol. The molecule has 3 rings (SSSR count). The summed E-state index contributed by atoms with van der Waals surface area (Å²) in [4.78, 5) is 15.3. The van der Waals surface area contributed by atoms with E-state index in [1.165, 1.54) is 0 Å². The van der Waals surface area contributed by atoms with Gasteiger partial charge in [-0.25, -0.2) is 0 Å². The Bertz CT molecular complexity index is 1000. The van der Waals surface area contributed by atoms with E-state index in [2.05, 4.69) is 64.1 Å². The first-order valence-corrected chi connectivity index (χ1v) is 14.6. The van der Waals surface area contributed by atoms with Crippen molar-refractivity contribution in [3.05, 3.63) is 76.5 Å². The van der Waals surface area contributed by atoms with Crippen molar-refractivity contribution < 1.29 is 14.3 Å². The number of hydrogen-bond acceptors (Lipinski definition) is 3. The number of carbonyl (C=O) groups is 1. The molecule has 2 aromatic carbocycles. The summed E-state index contributed by atoms with van der Waals surface area (Å²) in [6.45, 7) is 17.9. The molecule has 1 amide bonds. The molecule has 1 aliphatic heterocycles. The summed E-state index contributed by atoms with van der Waals surface area (Å²) in [7, 11) is -2.24. The Kier molecular flexibility index (Phi) is 7.61. The van der Waals surface area contributed by atoms with Crippen molar-refractivity contribution in [2.24, 2.45) is 0 Å². The zero-order valence-corrected chi connectivity index (χ0v) is 23.1. The second-order valence-electron chi connectivity index (χ2n) is 10.0. The third kappa shape index (κ3) is 4.70. The Balaban J connectivity index is 1.96. The molecule has 0 radical (unpaired) electrons. The van der Waals surface area contributed by atoms with Crippen molar-refractivity contribution in [1.82, 2.24) is 0 Å². The standard InChI is InChI=1S/C27H36BrNO3Si/c1-18(2)33(19(3)4,20(5)6)32-21(7)16-27(31)24-15-23(28)13-14-25(24)29(26(27)30)17-22-11-9-8-10-12-22/h8-15,18-20,31H,7,16-17H2,1-6H3/t27-/m1/s1. The van der Waals surface area contributed by atoms with Crippen molar-refractivity contribution in [3.63, 3.8) is 0 Å². The Labute approximate surface area is 207 Å². The van der Waals surface area contributed by atoms with Gasteiger partial charge in [0.1, 0.15) is 0 Å². The van der Waals surface area contributed by atoms with E-state index in [0.717, 1.165) is 15.7 Å². The number of rotatable bonds is 9. The van der Waals surface area contributed by atoms with Crippen LogP contribution in [0.1, 0.15) is 59.1 Å². The molecule has 1 aliphatic rings. The summed E-state index contributed by atoms with van der Waals surface area (Å²) in [5.74, 6) is 0.149. The van der Waals surface area contributed by atoms with Crippen LogP contribution >= 0.6 is 15.9 Å². The fraction of sp³-hybridized carbons (Fsp3) is 0.444. The van der Waals surface area contributed by atoms with Gasteiger partial charge in [0.15, 0.2) is 5.60 Å². The average Bonchev–Trinajstić information content (AvgIpc) is 2.93. The molecule has 33 heavy (non-hydrogen) atoms. The third-order valence-electron chi connectivity index (χ3n) is 6.96. The summed E-state index contributed by atoms with van der Waals surface area (Å²) in [6.07, 6.45) is 0.0431. The molecule has 178 valence electrons. The van der Waals surface area contributed by atoms with Crippen LogP contribution in [0, 0.1) is 0 Å². The van der Waals surface area contributed by atoms with Crippen molar-refractivity contribution >= 4 is 35.8 Å². The highest BCUT2D eigenvalue weighted by molar-refractivity contribution is 9.10. The zero-order valence-electron chi connectivity index (χ0n) is 20.6. The van der Waals surface area contributed by atoms with Crippen LogP contribution in [0.2, 0.25) is 16.6 Å². The van der Waals surface area contributed by atoms with E-state index >= 15 is 0 Å². The molecule has 0 spiro atoms. The minimum atomic E-state index is -2.24. The molecule has 0 aliphatic carbocycles. The van der Waals surface area contributed by atoms with Gasteiger partial charge in [-0.05, 0) is 40.4 Å². The van der Waals surface area contributed by atoms with Gasteiger partial charge >= 0.3 is 0 Å². The van der Waals surface area contributed by atoms with Crippen LogP contribution in [-0.4, -0.2) is 19.3 Å². The molecule has 6 heteroatoms. The third-order valence-corrected chi connectivity index (χ3v) is 13.5. The smallest absolute Gasteiger partial charge is 0.264 e. The number of hydrogen-bond donors (Lipinski definition) is 1. The summed E-state index contributed by atoms with van der Waals surface area (Å²) in [5, 5.41) is 11.8. The van der Waals surface area contributed by atoms with Crippen molar-refractivity contribution in [1.29, 1.82) is 0 Å². The molecular weight excluding hydrogens is 494 g/mol. The van der Waals surface area contributed by atoms with Gasteiger partial charge in [-0.15, -0.1) is 0 Å². The number of halogens is 1. The Morgan fingerprint density at radius 1 is 1.06 bits per heavy atom. The molecule has 0 aromatic heterocycles. The van der Waals surface area contributed by atoms with E-state index in [1.54, 1.807) is 4.90 Å². The van der Waals surface area contributed by atoms with E-state index in [1.807, 2.05) is 48.5 Å². The van der Waals surface area contributed by atoms with Crippen LogP contribution < -0.4 is 4.90 Å². The molecule has 0 fully saturated rings. The monoisotopic (exact) mass is 529 g/mol. The molecular formula is C27H36BrNO3Si. The van der Waals surface area contributed by atoms with E-state index in [-0.39, 0.29) is 12.3 Å². The normalized spacial score (nSPS) is 18.4. The maximum atomic E-state index is 13.7. The number of aliphatic hydroxyl groups is 1. The Morgan fingerprint density at radius 2 is 1.64 bits per heavy atom. The molecule has 1 atom stereocenters. The lowest BCUT2D eigenvalue weighted by Crippen LogP contribution is -2.48. The van der Waals surface area contributed by atoms with Crippen molar-refractivity contribution in [3.8, 4) is 0 Å². The second kappa shape index (κ2) is 9.77. The number of benzene rings is 2. The van der Waals surface area contributed by atoms with Crippen LogP contribution in [0.3, 0.4) is 0 Å². The number of nitrogens with zero attached hydrogens (tertiary/aromatic N) is 1. The molecule has 1 heterocycles. The highest BCUT2D eigenvalue weighted by Gasteiger charge is 2.52. The van der Waals surface area contributed by atoms with Gasteiger partial charge in [-0.2, -0.15) is 0 Å². The van der Waals surface area contributed by atoms with E-state index in [0.29, 0.717) is 34.5 Å². The predicted octanol–water partition coefficient (Wildman–Crippen LogP) is 7.28. The van der Waals surface area contributed by atoms with E-state index in [9.17, 15) is 9.90 Å². The molecule has 4 nitrogen and oxygen atoms in total. The minimum absolute atomic E-state index is 0.0431. The van der Waals surface area contributed by atoms with Crippen LogP contribution in [-0.2, 0) is 21.4 Å². The SMILES string of the molecule is C=C(C[C@]1(O)C(=O)N(Cc2ccccc2)c2ccc(Br)cc21)O[Si](C(C)C)(C(C)C)C(C)C. The number of carbonyl (C=O) groups excluding carboxylic acids is 1. The maximum absolute atomic E-state index is 13.7. The zero-order chi connectivity index (χ0) is 24.6. The minimum Gasteiger partial charge on any atom is -0.546 e. The fourth-order valence-electron chi connectivity index (χ4n) is 5.54. The van der Waals surface area contributed by atoms with Crippen molar-refractivity contribution in [2.75, 3.05) is 4.90 Å². The van der Waals surface area contributed by atoms with Gasteiger partial charge in [0.05, 0.1) is 18.0 Å². The van der Waals surface area contributed by atoms with E-state index in [4.69, 9.17) is 4.43 Å². The number of amides is 1. The van der Waals surface area contributed by atoms with Crippen LogP contribution in [0.5, 0.6) is 0 Å². The Hall–Kier alpha value is -1.89. The number of fused-ring (bicyclic) bond motifs is 1. The topological polar surface area (TPSA) is 49.8 Å². The first kappa shape index (κ1) is 25.7. The van der Waals surface area contributed by atoms with Gasteiger partial charge in [0.25, 0.3) is 14.2 Å². The summed E-state index contributed by atoms with van der Waals surface area (Å²) >= 11 is 3.51. The van der Waals surface area contributed by atoms with Crippen LogP contribution in [0.15, 0.2) is 65.3 Å². The molecule has 0 unspecified atom stereocenters. The highest BCUT2D eigenvalue weighted by Crippen LogP contribution is 2.48. The first-order valence-electron chi connectivity index (χ1n) is 11.7. The summed E-state index contributed by atoms with van der Waals surface area (Å²) in [6, 6.07) is 15.4. The van der Waals surface area contributed by atoms with Gasteiger partial charge in [-0.3, -0.25) is 4.79 Å². The molecule has 0 saturated heterocycles.